The molecule has 4 nitrogen and oxygen atoms in total. The summed E-state index contributed by atoms with van der Waals surface area (Å²) in [6.45, 7) is 2.08. The predicted molar refractivity (Wildman–Crippen MR) is 110 cm³/mol. The van der Waals surface area contributed by atoms with E-state index in [1.807, 2.05) is 24.3 Å². The third kappa shape index (κ3) is 3.63. The maximum Gasteiger partial charge on any atom is 0.164 e. The molecule has 2 atom stereocenters. The lowest BCUT2D eigenvalue weighted by Gasteiger charge is -2.26. The normalized spacial score (nSPS) is 23.8. The number of benzene rings is 2. The molecule has 1 fully saturated rings. The van der Waals surface area contributed by atoms with Crippen molar-refractivity contribution in [3.63, 3.8) is 0 Å². The Labute approximate surface area is 163 Å². The van der Waals surface area contributed by atoms with Gasteiger partial charge in [-0.05, 0) is 36.8 Å². The third-order valence-corrected chi connectivity index (χ3v) is 7.65. The van der Waals surface area contributed by atoms with Crippen molar-refractivity contribution in [1.29, 1.82) is 0 Å². The number of fused-ring (bicyclic) bond motifs is 1. The third-order valence-electron chi connectivity index (χ3n) is 4.66. The first-order chi connectivity index (χ1) is 12.4. The van der Waals surface area contributed by atoms with E-state index >= 15 is 0 Å². The van der Waals surface area contributed by atoms with Crippen molar-refractivity contribution in [3.05, 3.63) is 64.7 Å². The van der Waals surface area contributed by atoms with Crippen LogP contribution >= 0.6 is 23.4 Å². The van der Waals surface area contributed by atoms with Gasteiger partial charge in [0.2, 0.25) is 0 Å². The van der Waals surface area contributed by atoms with Crippen molar-refractivity contribution in [2.45, 2.75) is 24.8 Å². The average Bonchev–Trinajstić information content (AvgIpc) is 3.05. The maximum absolute atomic E-state index is 12.1. The Morgan fingerprint density at radius 2 is 1.96 bits per heavy atom. The number of thioether (sulfide) groups is 1. The molecule has 0 spiro atoms. The second-order valence-corrected chi connectivity index (χ2v) is 10.3. The van der Waals surface area contributed by atoms with E-state index in [2.05, 4.69) is 36.1 Å². The molecular weight excluding hydrogens is 388 g/mol. The maximum atomic E-state index is 12.1. The minimum atomic E-state index is -3.03. The number of nitrogens with zero attached hydrogens (tertiary/aromatic N) is 2. The molecular formula is C19H19ClN2O2S2. The van der Waals surface area contributed by atoms with E-state index in [4.69, 9.17) is 16.6 Å². The summed E-state index contributed by atoms with van der Waals surface area (Å²) in [4.78, 5) is 6.83. The fourth-order valence-electron chi connectivity index (χ4n) is 3.49. The zero-order chi connectivity index (χ0) is 18.3. The van der Waals surface area contributed by atoms with E-state index in [0.29, 0.717) is 5.02 Å². The van der Waals surface area contributed by atoms with Crippen LogP contribution in [-0.2, 0) is 15.6 Å². The van der Waals surface area contributed by atoms with Crippen molar-refractivity contribution in [1.82, 2.24) is 0 Å². The van der Waals surface area contributed by atoms with Crippen LogP contribution in [-0.4, -0.2) is 37.2 Å². The Morgan fingerprint density at radius 1 is 1.19 bits per heavy atom. The fraction of sp³-hybridized carbons (Fsp3) is 0.316. The Bertz CT molecular complexity index is 958. The second-order valence-electron chi connectivity index (χ2n) is 6.75. The van der Waals surface area contributed by atoms with Crippen LogP contribution in [0.2, 0.25) is 5.02 Å². The first-order valence-electron chi connectivity index (χ1n) is 8.43. The molecule has 0 N–H and O–H groups in total. The molecule has 0 aliphatic carbocycles. The van der Waals surface area contributed by atoms with Crippen LogP contribution in [0.5, 0.6) is 0 Å². The minimum absolute atomic E-state index is 0.124. The molecule has 0 amide bonds. The number of halogens is 1. The largest absolute Gasteiger partial charge is 0.315 e. The van der Waals surface area contributed by atoms with Crippen molar-refractivity contribution < 1.29 is 8.42 Å². The number of hydrogen-bond acceptors (Lipinski definition) is 5. The summed E-state index contributed by atoms with van der Waals surface area (Å²) in [6, 6.07) is 15.6. The summed E-state index contributed by atoms with van der Waals surface area (Å²) in [6.07, 6.45) is 0. The monoisotopic (exact) mass is 406 g/mol. The highest BCUT2D eigenvalue weighted by Gasteiger charge is 2.47. The van der Waals surface area contributed by atoms with Gasteiger partial charge in [-0.1, -0.05) is 53.2 Å². The summed E-state index contributed by atoms with van der Waals surface area (Å²) < 4.78 is 24.1. The predicted octanol–water partition coefficient (Wildman–Crippen LogP) is 3.92. The van der Waals surface area contributed by atoms with E-state index < -0.39 is 9.84 Å². The highest BCUT2D eigenvalue weighted by atomic mass is 35.5. The standard InChI is InChI=1S/C19H19ClN2O2S2/c1-13-3-2-4-14(9-13)10-25-19-21-17-11-26(23,24)12-18(17)22(19)16-7-5-15(20)6-8-16/h2-9,17-18H,10-12H2,1H3/t17-,18+/m0/s1. The highest BCUT2D eigenvalue weighted by Crippen LogP contribution is 2.36. The zero-order valence-electron chi connectivity index (χ0n) is 14.3. The van der Waals surface area contributed by atoms with Gasteiger partial charge < -0.3 is 4.90 Å². The Balaban J connectivity index is 1.61. The van der Waals surface area contributed by atoms with E-state index in [0.717, 1.165) is 16.6 Å². The van der Waals surface area contributed by atoms with Gasteiger partial charge in [0.15, 0.2) is 15.0 Å². The van der Waals surface area contributed by atoms with Crippen LogP contribution in [0.1, 0.15) is 11.1 Å². The summed E-state index contributed by atoms with van der Waals surface area (Å²) in [5.41, 5.74) is 3.40. The van der Waals surface area contributed by atoms with Gasteiger partial charge in [0.25, 0.3) is 0 Å². The molecule has 136 valence electrons. The molecule has 2 aromatic carbocycles. The molecule has 2 heterocycles. The van der Waals surface area contributed by atoms with Crippen LogP contribution in [0.3, 0.4) is 0 Å². The molecule has 0 radical (unpaired) electrons. The van der Waals surface area contributed by atoms with Gasteiger partial charge in [-0.2, -0.15) is 0 Å². The van der Waals surface area contributed by atoms with Crippen LogP contribution in [0.4, 0.5) is 5.69 Å². The molecule has 4 rings (SSSR count). The van der Waals surface area contributed by atoms with Crippen LogP contribution in [0.15, 0.2) is 53.5 Å². The summed E-state index contributed by atoms with van der Waals surface area (Å²) in [5, 5.41) is 1.55. The number of aryl methyl sites for hydroxylation is 1. The van der Waals surface area contributed by atoms with E-state index in [1.54, 1.807) is 11.8 Å². The smallest absolute Gasteiger partial charge is 0.164 e. The van der Waals surface area contributed by atoms with Gasteiger partial charge in [-0.15, -0.1) is 0 Å². The lowest BCUT2D eigenvalue weighted by molar-refractivity contribution is 0.601. The van der Waals surface area contributed by atoms with E-state index in [9.17, 15) is 8.42 Å². The number of rotatable bonds is 3. The van der Waals surface area contributed by atoms with Crippen LogP contribution in [0.25, 0.3) is 0 Å². The molecule has 2 aromatic rings. The topological polar surface area (TPSA) is 49.7 Å². The SMILES string of the molecule is Cc1cccc(CSC2=N[C@H]3CS(=O)(=O)C[C@H]3N2c2ccc(Cl)cc2)c1. The number of anilines is 1. The Kier molecular flexibility index (Phi) is 4.75. The molecule has 7 heteroatoms. The average molecular weight is 407 g/mol. The van der Waals surface area contributed by atoms with Gasteiger partial charge in [0, 0.05) is 16.5 Å². The zero-order valence-corrected chi connectivity index (χ0v) is 16.7. The molecule has 0 saturated carbocycles. The first kappa shape index (κ1) is 17.9. The lowest BCUT2D eigenvalue weighted by Crippen LogP contribution is -2.39. The van der Waals surface area contributed by atoms with Gasteiger partial charge in [-0.3, -0.25) is 4.99 Å². The lowest BCUT2D eigenvalue weighted by atomic mass is 10.1. The van der Waals surface area contributed by atoms with E-state index in [1.165, 1.54) is 11.1 Å². The number of hydrogen-bond donors (Lipinski definition) is 0. The number of aliphatic imine (C=N–C) groups is 1. The highest BCUT2D eigenvalue weighted by molar-refractivity contribution is 8.13. The van der Waals surface area contributed by atoms with Crippen molar-refractivity contribution in [2.24, 2.45) is 4.99 Å². The van der Waals surface area contributed by atoms with Crippen LogP contribution < -0.4 is 4.90 Å². The second kappa shape index (κ2) is 6.91. The summed E-state index contributed by atoms with van der Waals surface area (Å²) in [5.74, 6) is 1.09. The Morgan fingerprint density at radius 3 is 2.69 bits per heavy atom. The fourth-order valence-corrected chi connectivity index (χ4v) is 6.52. The minimum Gasteiger partial charge on any atom is -0.315 e. The molecule has 2 aliphatic rings. The van der Waals surface area contributed by atoms with Gasteiger partial charge >= 0.3 is 0 Å². The van der Waals surface area contributed by atoms with Crippen molar-refractivity contribution >= 4 is 44.1 Å². The molecule has 2 aliphatic heterocycles. The number of sulfone groups is 1. The van der Waals surface area contributed by atoms with Gasteiger partial charge in [0.05, 0.1) is 23.6 Å². The number of amidine groups is 1. The first-order valence-corrected chi connectivity index (χ1v) is 11.6. The van der Waals surface area contributed by atoms with Gasteiger partial charge in [-0.25, -0.2) is 8.42 Å². The molecule has 0 unspecified atom stereocenters. The van der Waals surface area contributed by atoms with Crippen LogP contribution in [0, 0.1) is 6.92 Å². The van der Waals surface area contributed by atoms with E-state index in [-0.39, 0.29) is 23.6 Å². The molecule has 0 aromatic heterocycles. The Hall–Kier alpha value is -1.50. The van der Waals surface area contributed by atoms with Crippen molar-refractivity contribution in [3.8, 4) is 0 Å². The molecule has 0 bridgehead atoms. The molecule has 1 saturated heterocycles. The van der Waals surface area contributed by atoms with Crippen molar-refractivity contribution in [2.75, 3.05) is 16.4 Å². The summed E-state index contributed by atoms with van der Waals surface area (Å²) in [7, 11) is -3.03. The quantitative estimate of drug-likeness (QED) is 0.775. The molecule has 26 heavy (non-hydrogen) atoms. The van der Waals surface area contributed by atoms with Gasteiger partial charge in [0.1, 0.15) is 0 Å². The summed E-state index contributed by atoms with van der Waals surface area (Å²) >= 11 is 7.68.